The molecular formula is C33H28O2Si. The summed E-state index contributed by atoms with van der Waals surface area (Å²) in [4.78, 5) is 0. The fourth-order valence-electron chi connectivity index (χ4n) is 6.40. The molecule has 1 aliphatic heterocycles. The molecule has 2 aliphatic carbocycles. The first-order chi connectivity index (χ1) is 17.4. The summed E-state index contributed by atoms with van der Waals surface area (Å²) in [5, 5.41) is 11.8. The molecule has 4 aromatic rings. The van der Waals surface area contributed by atoms with E-state index in [1.807, 2.05) is 0 Å². The molecule has 36 heavy (non-hydrogen) atoms. The van der Waals surface area contributed by atoms with Crippen molar-refractivity contribution in [1.29, 1.82) is 0 Å². The highest BCUT2D eigenvalue weighted by Crippen LogP contribution is 2.61. The van der Waals surface area contributed by atoms with Crippen LogP contribution in [0.15, 0.2) is 114 Å². The maximum absolute atomic E-state index is 11.8. The van der Waals surface area contributed by atoms with Gasteiger partial charge in [0.25, 0.3) is 0 Å². The van der Waals surface area contributed by atoms with Gasteiger partial charge in [0.2, 0.25) is 0 Å². The summed E-state index contributed by atoms with van der Waals surface area (Å²) in [6.07, 6.45) is -1.04. The summed E-state index contributed by atoms with van der Waals surface area (Å²) in [5.41, 5.74) is 14.1. The molecule has 1 unspecified atom stereocenters. The van der Waals surface area contributed by atoms with Crippen LogP contribution in [0.25, 0.3) is 27.8 Å². The number of benzene rings is 4. The Labute approximate surface area is 213 Å². The van der Waals surface area contributed by atoms with Crippen molar-refractivity contribution in [3.8, 4) is 22.3 Å². The van der Waals surface area contributed by atoms with E-state index in [2.05, 4.69) is 122 Å². The molecule has 2 nitrogen and oxygen atoms in total. The molecule has 7 rings (SSSR count). The summed E-state index contributed by atoms with van der Waals surface area (Å²) in [6, 6.07) is 34.1. The van der Waals surface area contributed by atoms with Crippen LogP contribution >= 0.6 is 0 Å². The third-order valence-electron chi connectivity index (χ3n) is 7.64. The molecule has 3 heteroatoms. The number of aliphatic hydroxyl groups is 1. The van der Waals surface area contributed by atoms with Crippen molar-refractivity contribution in [2.45, 2.75) is 31.5 Å². The Morgan fingerprint density at radius 2 is 1.06 bits per heavy atom. The third-order valence-corrected chi connectivity index (χ3v) is 8.79. The Hall–Kier alpha value is -3.50. The van der Waals surface area contributed by atoms with E-state index in [1.54, 1.807) is 0 Å². The maximum Gasteiger partial charge on any atom is 0.184 e. The molecule has 0 radical (unpaired) electrons. The van der Waals surface area contributed by atoms with Crippen LogP contribution in [0.1, 0.15) is 22.3 Å². The predicted octanol–water partition coefficient (Wildman–Crippen LogP) is 7.55. The smallest absolute Gasteiger partial charge is 0.184 e. The number of rotatable bonds is 1. The molecule has 1 atom stereocenters. The zero-order valence-electron chi connectivity index (χ0n) is 20.7. The first-order valence-electron chi connectivity index (χ1n) is 12.6. The van der Waals surface area contributed by atoms with Gasteiger partial charge in [-0.05, 0) is 44.5 Å². The fraction of sp³-hybridized carbons (Fsp3) is 0.152. The number of hydrogen-bond donors (Lipinski definition) is 1. The average Bonchev–Trinajstić information content (AvgIpc) is 3.45. The third kappa shape index (κ3) is 2.85. The largest absolute Gasteiger partial charge is 0.364 e. The van der Waals surface area contributed by atoms with Gasteiger partial charge in [-0.25, -0.2) is 0 Å². The Balaban J connectivity index is 1.62. The molecule has 1 fully saturated rings. The van der Waals surface area contributed by atoms with Crippen LogP contribution in [0, 0.1) is 0 Å². The van der Waals surface area contributed by atoms with Crippen molar-refractivity contribution in [3.63, 3.8) is 0 Å². The second-order valence-corrected chi connectivity index (χ2v) is 16.1. The lowest BCUT2D eigenvalue weighted by Gasteiger charge is -2.29. The minimum Gasteiger partial charge on any atom is -0.364 e. The normalized spacial score (nSPS) is 20.0. The molecule has 0 aromatic heterocycles. The molecule has 3 aliphatic rings. The van der Waals surface area contributed by atoms with E-state index < -0.39 is 20.0 Å². The molecule has 0 amide bonds. The van der Waals surface area contributed by atoms with Gasteiger partial charge in [-0.1, -0.05) is 122 Å². The van der Waals surface area contributed by atoms with Crippen LogP contribution in [-0.4, -0.2) is 19.5 Å². The topological polar surface area (TPSA) is 29.5 Å². The van der Waals surface area contributed by atoms with Crippen LogP contribution in [-0.2, 0) is 10.3 Å². The van der Waals surface area contributed by atoms with Gasteiger partial charge in [0.15, 0.2) is 6.29 Å². The van der Waals surface area contributed by atoms with Gasteiger partial charge in [-0.15, -0.1) is 0 Å². The summed E-state index contributed by atoms with van der Waals surface area (Å²) >= 11 is 0. The monoisotopic (exact) mass is 484 g/mol. The molecule has 1 N–H and O–H groups in total. The average molecular weight is 485 g/mol. The lowest BCUT2D eigenvalue weighted by atomic mass is 9.81. The first kappa shape index (κ1) is 21.8. The van der Waals surface area contributed by atoms with Gasteiger partial charge >= 0.3 is 0 Å². The van der Waals surface area contributed by atoms with Gasteiger partial charge in [-0.3, -0.25) is 0 Å². The molecule has 176 valence electrons. The number of hydrogen-bond acceptors (Lipinski definition) is 2. The van der Waals surface area contributed by atoms with E-state index in [0.717, 1.165) is 39.0 Å². The van der Waals surface area contributed by atoms with E-state index >= 15 is 0 Å². The van der Waals surface area contributed by atoms with Gasteiger partial charge in [0, 0.05) is 16.7 Å². The highest BCUT2D eigenvalue weighted by atomic mass is 28.3. The molecule has 0 saturated carbocycles. The van der Waals surface area contributed by atoms with Crippen LogP contribution in [0.3, 0.4) is 0 Å². The zero-order chi connectivity index (χ0) is 24.7. The lowest BCUT2D eigenvalue weighted by molar-refractivity contribution is -0.106. The van der Waals surface area contributed by atoms with Crippen molar-refractivity contribution >= 4 is 13.6 Å². The fourth-order valence-corrected chi connectivity index (χ4v) is 7.63. The number of aliphatic hydroxyl groups excluding tert-OH is 1. The van der Waals surface area contributed by atoms with E-state index in [9.17, 15) is 5.11 Å². The van der Waals surface area contributed by atoms with Crippen molar-refractivity contribution < 1.29 is 9.84 Å². The second-order valence-electron chi connectivity index (χ2n) is 11.0. The van der Waals surface area contributed by atoms with Crippen LogP contribution in [0.5, 0.6) is 0 Å². The number of fused-ring (bicyclic) bond motifs is 8. The van der Waals surface area contributed by atoms with Gasteiger partial charge in [0.05, 0.1) is 8.07 Å². The highest BCUT2D eigenvalue weighted by Gasteiger charge is 2.56. The minimum absolute atomic E-state index is 0.832. The number of ether oxygens (including phenoxy) is 1. The van der Waals surface area contributed by atoms with Gasteiger partial charge in [-0.2, -0.15) is 0 Å². The van der Waals surface area contributed by atoms with E-state index in [1.165, 1.54) is 22.3 Å². The summed E-state index contributed by atoms with van der Waals surface area (Å²) in [5.74, 6) is 0. The van der Waals surface area contributed by atoms with Crippen LogP contribution < -0.4 is 0 Å². The van der Waals surface area contributed by atoms with Crippen molar-refractivity contribution in [1.82, 2.24) is 0 Å². The molecule has 1 saturated heterocycles. The SMILES string of the molecule is C[Si](C)(C)/C=C1/C(=C2c3ccccc3-c3ccccc32)C(O)OC12c1ccccc1-c1ccccc12. The standard InChI is InChI=1S/C33H28O2Si/c1-36(2,3)20-29-31(30-25-16-6-4-12-21(25)22-13-5-7-17-26(22)30)32(34)35-33(29)27-18-10-8-14-23(27)24-15-9-11-19-28(24)33/h4-20,32,34H,1-3H3/b29-20-. The Morgan fingerprint density at radius 1 is 0.639 bits per heavy atom. The van der Waals surface area contributed by atoms with Crippen LogP contribution in [0.2, 0.25) is 19.6 Å². The van der Waals surface area contributed by atoms with E-state index in [0.29, 0.717) is 0 Å². The lowest BCUT2D eigenvalue weighted by Crippen LogP contribution is -2.29. The predicted molar refractivity (Wildman–Crippen MR) is 149 cm³/mol. The molecule has 4 aromatic carbocycles. The molecular weight excluding hydrogens is 456 g/mol. The Kier molecular flexibility index (Phi) is 4.53. The minimum atomic E-state index is -1.75. The quantitative estimate of drug-likeness (QED) is 0.249. The summed E-state index contributed by atoms with van der Waals surface area (Å²) in [6.45, 7) is 7.05. The van der Waals surface area contributed by atoms with Crippen molar-refractivity contribution in [2.24, 2.45) is 0 Å². The summed E-state index contributed by atoms with van der Waals surface area (Å²) < 4.78 is 6.83. The van der Waals surface area contributed by atoms with Gasteiger partial charge in [0.1, 0.15) is 5.60 Å². The molecule has 1 heterocycles. The highest BCUT2D eigenvalue weighted by molar-refractivity contribution is 6.81. The Morgan fingerprint density at radius 3 is 1.53 bits per heavy atom. The summed E-state index contributed by atoms with van der Waals surface area (Å²) in [7, 11) is -1.75. The second kappa shape index (κ2) is 7.50. The van der Waals surface area contributed by atoms with Crippen molar-refractivity contribution in [2.75, 3.05) is 0 Å². The molecule has 1 spiro atoms. The Bertz CT molecular complexity index is 1530. The van der Waals surface area contributed by atoms with Crippen LogP contribution in [0.4, 0.5) is 0 Å². The zero-order valence-corrected chi connectivity index (χ0v) is 21.7. The maximum atomic E-state index is 11.8. The van der Waals surface area contributed by atoms with E-state index in [4.69, 9.17) is 4.74 Å². The molecule has 0 bridgehead atoms. The van der Waals surface area contributed by atoms with Gasteiger partial charge < -0.3 is 9.84 Å². The first-order valence-corrected chi connectivity index (χ1v) is 16.2. The van der Waals surface area contributed by atoms with Crippen molar-refractivity contribution in [3.05, 3.63) is 136 Å². The van der Waals surface area contributed by atoms with E-state index in [-0.39, 0.29) is 0 Å².